The molecule has 0 aromatic heterocycles. The maximum absolute atomic E-state index is 11.0. The Labute approximate surface area is 128 Å². The van der Waals surface area contributed by atoms with Gasteiger partial charge >= 0.3 is 6.16 Å². The molecule has 0 aliphatic carbocycles. The third-order valence-electron chi connectivity index (χ3n) is 3.62. The molecule has 0 radical (unpaired) electrons. The van der Waals surface area contributed by atoms with E-state index in [0.717, 1.165) is 12.7 Å². The Balaban J connectivity index is 2.02. The van der Waals surface area contributed by atoms with Gasteiger partial charge in [-0.25, -0.2) is 4.79 Å². The van der Waals surface area contributed by atoms with Gasteiger partial charge in [-0.2, -0.15) is 0 Å². The first-order chi connectivity index (χ1) is 10.5. The molecule has 122 valence electrons. The lowest BCUT2D eigenvalue weighted by Gasteiger charge is -2.40. The zero-order valence-corrected chi connectivity index (χ0v) is 12.2. The van der Waals surface area contributed by atoms with Crippen LogP contribution in [-0.4, -0.2) is 65.7 Å². The largest absolute Gasteiger partial charge is 0.508 e. The van der Waals surface area contributed by atoms with Gasteiger partial charge in [0.15, 0.2) is 0 Å². The second-order valence-corrected chi connectivity index (χ2v) is 5.14. The number of aliphatic hydroxyl groups is 3. The molecule has 5 unspecified atom stereocenters. The number of aliphatic hydroxyl groups excluding tert-OH is 3. The van der Waals surface area contributed by atoms with Crippen molar-refractivity contribution in [3.05, 3.63) is 35.9 Å². The first-order valence-corrected chi connectivity index (χ1v) is 6.97. The predicted octanol–water partition coefficient (Wildman–Crippen LogP) is -0.138. The van der Waals surface area contributed by atoms with Gasteiger partial charge in [0.25, 0.3) is 0 Å². The summed E-state index contributed by atoms with van der Waals surface area (Å²) in [6, 6.07) is 9.31. The Morgan fingerprint density at radius 2 is 1.73 bits per heavy atom. The van der Waals surface area contributed by atoms with Gasteiger partial charge in [-0.3, -0.25) is 0 Å². The van der Waals surface area contributed by atoms with Crippen LogP contribution in [-0.2, 0) is 20.6 Å². The minimum absolute atomic E-state index is 0.275. The molecule has 0 amide bonds. The van der Waals surface area contributed by atoms with E-state index in [-0.39, 0.29) is 6.61 Å². The summed E-state index contributed by atoms with van der Waals surface area (Å²) in [5, 5.41) is 29.9. The van der Waals surface area contributed by atoms with Crippen LogP contribution in [0.5, 0.6) is 0 Å². The molecule has 5 atom stereocenters. The Hall–Kier alpha value is -1.67. The number of carbonyl (C=O) groups excluding carboxylic acids is 1. The van der Waals surface area contributed by atoms with Crippen LogP contribution >= 0.6 is 0 Å². The fourth-order valence-electron chi connectivity index (χ4n) is 2.39. The van der Waals surface area contributed by atoms with E-state index in [1.807, 2.05) is 30.3 Å². The highest BCUT2D eigenvalue weighted by atomic mass is 16.7. The molecule has 2 rings (SSSR count). The monoisotopic (exact) mass is 312 g/mol. The quantitative estimate of drug-likeness (QED) is 0.665. The van der Waals surface area contributed by atoms with E-state index in [0.29, 0.717) is 6.42 Å². The van der Waals surface area contributed by atoms with Crippen molar-refractivity contribution in [2.24, 2.45) is 0 Å². The fourth-order valence-corrected chi connectivity index (χ4v) is 2.39. The third kappa shape index (κ3) is 3.95. The molecule has 7 nitrogen and oxygen atoms in total. The maximum atomic E-state index is 11.0. The molecule has 1 aliphatic rings. The molecule has 1 heterocycles. The number of rotatable bonds is 4. The number of ether oxygens (including phenoxy) is 3. The van der Waals surface area contributed by atoms with Crippen LogP contribution in [0.3, 0.4) is 0 Å². The van der Waals surface area contributed by atoms with Gasteiger partial charge in [0.2, 0.25) is 0 Å². The molecule has 3 N–H and O–H groups in total. The average Bonchev–Trinajstić information content (AvgIpc) is 2.54. The predicted molar refractivity (Wildman–Crippen MR) is 75.2 cm³/mol. The molecule has 1 aliphatic heterocycles. The summed E-state index contributed by atoms with van der Waals surface area (Å²) in [7, 11) is 1.16. The van der Waals surface area contributed by atoms with Gasteiger partial charge in [-0.05, 0) is 5.56 Å². The van der Waals surface area contributed by atoms with Crippen molar-refractivity contribution in [3.63, 3.8) is 0 Å². The molecule has 0 spiro atoms. The number of methoxy groups -OCH3 is 1. The number of hydrogen-bond donors (Lipinski definition) is 3. The van der Waals surface area contributed by atoms with Crippen LogP contribution in [0.15, 0.2) is 30.3 Å². The Morgan fingerprint density at radius 1 is 1.09 bits per heavy atom. The van der Waals surface area contributed by atoms with Crippen LogP contribution in [0, 0.1) is 0 Å². The summed E-state index contributed by atoms with van der Waals surface area (Å²) in [5.41, 5.74) is 0.919. The molecule has 7 heteroatoms. The van der Waals surface area contributed by atoms with Gasteiger partial charge in [-0.1, -0.05) is 30.3 Å². The molecule has 22 heavy (non-hydrogen) atoms. The SMILES string of the molecule is COC(=O)OCC1OC(Cc2ccccc2)C(O)C(O)C1O. The van der Waals surface area contributed by atoms with Gasteiger partial charge in [0, 0.05) is 6.42 Å². The smallest absolute Gasteiger partial charge is 0.438 e. The first-order valence-electron chi connectivity index (χ1n) is 6.97. The van der Waals surface area contributed by atoms with Crippen molar-refractivity contribution >= 4 is 6.16 Å². The van der Waals surface area contributed by atoms with Crippen molar-refractivity contribution in [1.29, 1.82) is 0 Å². The van der Waals surface area contributed by atoms with Crippen molar-refractivity contribution in [2.75, 3.05) is 13.7 Å². The Bertz CT molecular complexity index is 478. The van der Waals surface area contributed by atoms with Crippen molar-refractivity contribution in [2.45, 2.75) is 36.9 Å². The zero-order chi connectivity index (χ0) is 16.1. The van der Waals surface area contributed by atoms with E-state index in [1.165, 1.54) is 0 Å². The summed E-state index contributed by atoms with van der Waals surface area (Å²) in [6.07, 6.45) is -6.17. The van der Waals surface area contributed by atoms with Crippen LogP contribution in [0.1, 0.15) is 5.56 Å². The van der Waals surface area contributed by atoms with Crippen LogP contribution < -0.4 is 0 Å². The molecular formula is C15H20O7. The third-order valence-corrected chi connectivity index (χ3v) is 3.62. The number of benzene rings is 1. The highest BCUT2D eigenvalue weighted by molar-refractivity contribution is 5.59. The standard InChI is InChI=1S/C15H20O7/c1-20-15(19)21-8-11-13(17)14(18)12(16)10(22-11)7-9-5-3-2-4-6-9/h2-6,10-14,16-18H,7-8H2,1H3. The first kappa shape index (κ1) is 16.7. The maximum Gasteiger partial charge on any atom is 0.508 e. The zero-order valence-electron chi connectivity index (χ0n) is 12.2. The molecule has 1 aromatic rings. The highest BCUT2D eigenvalue weighted by Crippen LogP contribution is 2.24. The van der Waals surface area contributed by atoms with E-state index >= 15 is 0 Å². The molecule has 1 aromatic carbocycles. The fraction of sp³-hybridized carbons (Fsp3) is 0.533. The highest BCUT2D eigenvalue weighted by Gasteiger charge is 2.44. The van der Waals surface area contributed by atoms with E-state index in [2.05, 4.69) is 4.74 Å². The molecule has 1 saturated heterocycles. The van der Waals surface area contributed by atoms with E-state index < -0.39 is 36.7 Å². The van der Waals surface area contributed by atoms with Crippen molar-refractivity contribution < 1.29 is 34.3 Å². The summed E-state index contributed by atoms with van der Waals surface area (Å²) in [5.74, 6) is 0. The second kappa shape index (κ2) is 7.55. The summed E-state index contributed by atoms with van der Waals surface area (Å²) in [6.45, 7) is -0.275. The van der Waals surface area contributed by atoms with Crippen molar-refractivity contribution in [3.8, 4) is 0 Å². The Kier molecular flexibility index (Phi) is 5.73. The summed E-state index contributed by atoms with van der Waals surface area (Å²) < 4.78 is 14.7. The topological polar surface area (TPSA) is 105 Å². The minimum Gasteiger partial charge on any atom is -0.438 e. The average molecular weight is 312 g/mol. The summed E-state index contributed by atoms with van der Waals surface area (Å²) >= 11 is 0. The van der Waals surface area contributed by atoms with E-state index in [9.17, 15) is 20.1 Å². The second-order valence-electron chi connectivity index (χ2n) is 5.14. The summed E-state index contributed by atoms with van der Waals surface area (Å²) in [4.78, 5) is 11.0. The molecule has 0 saturated carbocycles. The van der Waals surface area contributed by atoms with Gasteiger partial charge in [0.1, 0.15) is 31.0 Å². The van der Waals surface area contributed by atoms with Crippen LogP contribution in [0.4, 0.5) is 4.79 Å². The lowest BCUT2D eigenvalue weighted by atomic mass is 9.92. The van der Waals surface area contributed by atoms with Gasteiger partial charge in [-0.15, -0.1) is 0 Å². The minimum atomic E-state index is -1.38. The molecular weight excluding hydrogens is 292 g/mol. The number of carbonyl (C=O) groups is 1. The lowest BCUT2D eigenvalue weighted by molar-refractivity contribution is -0.229. The lowest BCUT2D eigenvalue weighted by Crippen LogP contribution is -2.59. The van der Waals surface area contributed by atoms with E-state index in [1.54, 1.807) is 0 Å². The molecule has 0 bridgehead atoms. The number of hydrogen-bond acceptors (Lipinski definition) is 7. The van der Waals surface area contributed by atoms with Gasteiger partial charge < -0.3 is 29.5 Å². The Morgan fingerprint density at radius 3 is 2.36 bits per heavy atom. The van der Waals surface area contributed by atoms with Crippen LogP contribution in [0.25, 0.3) is 0 Å². The van der Waals surface area contributed by atoms with Gasteiger partial charge in [0.05, 0.1) is 13.2 Å². The normalized spacial score (nSPS) is 31.5. The molecule has 1 fully saturated rings. The van der Waals surface area contributed by atoms with Crippen molar-refractivity contribution in [1.82, 2.24) is 0 Å². The van der Waals surface area contributed by atoms with E-state index in [4.69, 9.17) is 9.47 Å². The van der Waals surface area contributed by atoms with Crippen LogP contribution in [0.2, 0.25) is 0 Å².